The molecule has 0 bridgehead atoms. The van der Waals surface area contributed by atoms with Gasteiger partial charge in [-0.3, -0.25) is 4.79 Å². The van der Waals surface area contributed by atoms with Crippen LogP contribution in [0.4, 0.5) is 0 Å². The maximum absolute atomic E-state index is 10.5. The minimum atomic E-state index is -0.936. The number of hydrogen-bond donors (Lipinski definition) is 1. The Morgan fingerprint density at radius 3 is 2.82 bits per heavy atom. The molecule has 1 atom stereocenters. The number of carboxylic acids is 1. The second-order valence-electron chi connectivity index (χ2n) is 2.39. The average Bonchev–Trinajstić information content (AvgIpc) is 2.34. The monoisotopic (exact) mass is 156 g/mol. The lowest BCUT2D eigenvalue weighted by molar-refractivity contribution is -0.140. The van der Waals surface area contributed by atoms with Crippen molar-refractivity contribution < 1.29 is 19.4 Å². The topological polar surface area (TPSA) is 63.6 Å². The molecule has 1 unspecified atom stereocenters. The highest BCUT2D eigenvalue weighted by atomic mass is 16.5. The molecule has 0 saturated heterocycles. The van der Waals surface area contributed by atoms with Crippen molar-refractivity contribution in [3.8, 4) is 0 Å². The molecule has 60 valence electrons. The Morgan fingerprint density at radius 2 is 2.45 bits per heavy atom. The number of cyclic esters (lactones) is 1. The Kier molecular flexibility index (Phi) is 1.94. The fraction of sp³-hybridized carbons (Fsp3) is 0.429. The van der Waals surface area contributed by atoms with Crippen molar-refractivity contribution in [1.82, 2.24) is 0 Å². The van der Waals surface area contributed by atoms with E-state index in [0.717, 1.165) is 0 Å². The lowest BCUT2D eigenvalue weighted by Gasteiger charge is -2.03. The molecule has 1 aliphatic heterocycles. The number of carboxylic acid groups (broad SMARTS) is 1. The molecule has 0 fully saturated rings. The van der Waals surface area contributed by atoms with Gasteiger partial charge in [-0.1, -0.05) is 0 Å². The van der Waals surface area contributed by atoms with E-state index in [9.17, 15) is 9.59 Å². The van der Waals surface area contributed by atoms with E-state index in [1.807, 2.05) is 0 Å². The minimum absolute atomic E-state index is 0.117. The summed E-state index contributed by atoms with van der Waals surface area (Å²) in [6.07, 6.45) is 1.23. The maximum atomic E-state index is 10.5. The number of carbonyl (C=O) groups is 2. The van der Waals surface area contributed by atoms with Gasteiger partial charge >= 0.3 is 11.9 Å². The number of aliphatic carboxylic acids is 1. The Hall–Kier alpha value is -1.32. The highest BCUT2D eigenvalue weighted by Gasteiger charge is 2.22. The maximum Gasteiger partial charge on any atom is 0.331 e. The Balaban J connectivity index is 2.69. The SMILES string of the molecule is CC(C(=O)O)C1=CC(=O)OC1. The van der Waals surface area contributed by atoms with Crippen LogP contribution in [0.25, 0.3) is 0 Å². The van der Waals surface area contributed by atoms with Crippen LogP contribution in [0.2, 0.25) is 0 Å². The summed E-state index contributed by atoms with van der Waals surface area (Å²) in [5, 5.41) is 8.52. The zero-order valence-electron chi connectivity index (χ0n) is 6.03. The fourth-order valence-electron chi connectivity index (χ4n) is 0.798. The quantitative estimate of drug-likeness (QED) is 0.579. The van der Waals surface area contributed by atoms with E-state index in [1.54, 1.807) is 0 Å². The van der Waals surface area contributed by atoms with Crippen molar-refractivity contribution >= 4 is 11.9 Å². The first-order valence-corrected chi connectivity index (χ1v) is 3.21. The second-order valence-corrected chi connectivity index (χ2v) is 2.39. The summed E-state index contributed by atoms with van der Waals surface area (Å²) in [7, 11) is 0. The molecule has 11 heavy (non-hydrogen) atoms. The zero-order valence-corrected chi connectivity index (χ0v) is 6.03. The van der Waals surface area contributed by atoms with E-state index >= 15 is 0 Å². The van der Waals surface area contributed by atoms with Crippen molar-refractivity contribution in [3.63, 3.8) is 0 Å². The highest BCUT2D eigenvalue weighted by Crippen LogP contribution is 2.15. The van der Waals surface area contributed by atoms with Crippen molar-refractivity contribution in [2.45, 2.75) is 6.92 Å². The second kappa shape index (κ2) is 2.74. The Morgan fingerprint density at radius 1 is 1.82 bits per heavy atom. The summed E-state index contributed by atoms with van der Waals surface area (Å²) >= 11 is 0. The summed E-state index contributed by atoms with van der Waals surface area (Å²) < 4.78 is 4.54. The molecule has 0 aromatic heterocycles. The molecular weight excluding hydrogens is 148 g/mol. The summed E-state index contributed by atoms with van der Waals surface area (Å²) in [5.41, 5.74) is 0.530. The molecule has 0 amide bonds. The first kappa shape index (κ1) is 7.78. The van der Waals surface area contributed by atoms with Crippen LogP contribution in [0.15, 0.2) is 11.6 Å². The molecule has 1 rings (SSSR count). The molecule has 0 aromatic rings. The van der Waals surface area contributed by atoms with Gasteiger partial charge in [-0.25, -0.2) is 4.79 Å². The standard InChI is InChI=1S/C7H8O4/c1-4(7(9)10)5-2-6(8)11-3-5/h2,4H,3H2,1H3,(H,9,10). The first-order valence-electron chi connectivity index (χ1n) is 3.21. The van der Waals surface area contributed by atoms with E-state index in [4.69, 9.17) is 5.11 Å². The summed E-state index contributed by atoms with van der Waals surface area (Å²) in [6, 6.07) is 0. The molecule has 1 aliphatic rings. The Bertz CT molecular complexity index is 229. The van der Waals surface area contributed by atoms with Crippen LogP contribution < -0.4 is 0 Å². The van der Waals surface area contributed by atoms with Gasteiger partial charge in [0.15, 0.2) is 0 Å². The van der Waals surface area contributed by atoms with Gasteiger partial charge in [-0.05, 0) is 12.5 Å². The van der Waals surface area contributed by atoms with Crippen molar-refractivity contribution in [2.75, 3.05) is 6.61 Å². The lowest BCUT2D eigenvalue weighted by Crippen LogP contribution is -2.12. The van der Waals surface area contributed by atoms with Crippen molar-refractivity contribution in [2.24, 2.45) is 5.92 Å². The number of hydrogen-bond acceptors (Lipinski definition) is 3. The van der Waals surface area contributed by atoms with Gasteiger partial charge < -0.3 is 9.84 Å². The van der Waals surface area contributed by atoms with Gasteiger partial charge in [-0.15, -0.1) is 0 Å². The van der Waals surface area contributed by atoms with Gasteiger partial charge in [0, 0.05) is 6.08 Å². The van der Waals surface area contributed by atoms with Gasteiger partial charge in [0.1, 0.15) is 6.61 Å². The molecule has 0 saturated carbocycles. The van der Waals surface area contributed by atoms with Crippen LogP contribution in [0, 0.1) is 5.92 Å². The van der Waals surface area contributed by atoms with Crippen LogP contribution in [-0.4, -0.2) is 23.7 Å². The van der Waals surface area contributed by atoms with Gasteiger partial charge in [0.2, 0.25) is 0 Å². The van der Waals surface area contributed by atoms with Gasteiger partial charge in [0.05, 0.1) is 5.92 Å². The number of carbonyl (C=O) groups excluding carboxylic acids is 1. The number of ether oxygens (including phenoxy) is 1. The molecule has 0 aromatic carbocycles. The average molecular weight is 156 g/mol. The smallest absolute Gasteiger partial charge is 0.331 e. The predicted octanol–water partition coefficient (Wildman–Crippen LogP) is 0.190. The van der Waals surface area contributed by atoms with E-state index < -0.39 is 17.9 Å². The predicted molar refractivity (Wildman–Crippen MR) is 35.8 cm³/mol. The summed E-state index contributed by atoms with van der Waals surface area (Å²) in [5.74, 6) is -2.01. The molecular formula is C7H8O4. The third kappa shape index (κ3) is 1.58. The molecule has 4 heteroatoms. The van der Waals surface area contributed by atoms with Gasteiger partial charge in [-0.2, -0.15) is 0 Å². The highest BCUT2D eigenvalue weighted by molar-refractivity contribution is 5.87. The number of rotatable bonds is 2. The molecule has 0 spiro atoms. The summed E-state index contributed by atoms with van der Waals surface area (Å²) in [4.78, 5) is 20.9. The third-order valence-corrected chi connectivity index (χ3v) is 1.61. The van der Waals surface area contributed by atoms with Crippen LogP contribution in [0.1, 0.15) is 6.92 Å². The summed E-state index contributed by atoms with van der Waals surface area (Å²) in [6.45, 7) is 1.64. The first-order chi connectivity index (χ1) is 5.11. The van der Waals surface area contributed by atoms with Crippen molar-refractivity contribution in [3.05, 3.63) is 11.6 Å². The molecule has 4 nitrogen and oxygen atoms in total. The van der Waals surface area contributed by atoms with Crippen LogP contribution in [0.5, 0.6) is 0 Å². The fourth-order valence-corrected chi connectivity index (χ4v) is 0.798. The van der Waals surface area contributed by atoms with Gasteiger partial charge in [0.25, 0.3) is 0 Å². The number of esters is 1. The van der Waals surface area contributed by atoms with Crippen LogP contribution in [0.3, 0.4) is 0 Å². The molecule has 0 radical (unpaired) electrons. The van der Waals surface area contributed by atoms with Crippen LogP contribution >= 0.6 is 0 Å². The lowest BCUT2D eigenvalue weighted by atomic mass is 10.0. The third-order valence-electron chi connectivity index (χ3n) is 1.61. The zero-order chi connectivity index (χ0) is 8.43. The van der Waals surface area contributed by atoms with Crippen molar-refractivity contribution in [1.29, 1.82) is 0 Å². The Labute approximate surface area is 63.5 Å². The largest absolute Gasteiger partial charge is 0.481 e. The van der Waals surface area contributed by atoms with E-state index in [0.29, 0.717) is 5.57 Å². The normalized spacial score (nSPS) is 19.0. The van der Waals surface area contributed by atoms with Crippen LogP contribution in [-0.2, 0) is 14.3 Å². The molecule has 0 aliphatic carbocycles. The molecule has 1 heterocycles. The van der Waals surface area contributed by atoms with E-state index in [1.165, 1.54) is 13.0 Å². The van der Waals surface area contributed by atoms with E-state index in [-0.39, 0.29) is 6.61 Å². The minimum Gasteiger partial charge on any atom is -0.481 e. The van der Waals surface area contributed by atoms with E-state index in [2.05, 4.69) is 4.74 Å². The molecule has 1 N–H and O–H groups in total.